The number of benzene rings is 2. The maximum Gasteiger partial charge on any atom is 0.164 e. The van der Waals surface area contributed by atoms with Crippen LogP contribution in [0.5, 0.6) is 11.5 Å². The van der Waals surface area contributed by atoms with Crippen LogP contribution in [0.3, 0.4) is 0 Å². The van der Waals surface area contributed by atoms with Gasteiger partial charge in [0.15, 0.2) is 23.0 Å². The zero-order chi connectivity index (χ0) is 30.3. The van der Waals surface area contributed by atoms with Gasteiger partial charge < -0.3 is 28.4 Å². The molecular formula is C40H48O6. The monoisotopic (exact) mass is 624 g/mol. The minimum absolute atomic E-state index is 0.307. The third-order valence-electron chi connectivity index (χ3n) is 13.3. The van der Waals surface area contributed by atoms with Crippen LogP contribution in [0, 0.1) is 35.5 Å². The minimum atomic E-state index is 0.307. The first-order valence-electron chi connectivity index (χ1n) is 18.3. The Morgan fingerprint density at radius 2 is 0.870 bits per heavy atom. The molecule has 8 aliphatic carbocycles. The van der Waals surface area contributed by atoms with Gasteiger partial charge in [-0.05, 0) is 157 Å². The van der Waals surface area contributed by atoms with Gasteiger partial charge in [-0.3, -0.25) is 0 Å². The lowest BCUT2D eigenvalue weighted by molar-refractivity contribution is -0.00590. The molecule has 46 heavy (non-hydrogen) atoms. The molecule has 0 N–H and O–H groups in total. The van der Waals surface area contributed by atoms with E-state index in [1.165, 1.54) is 87.8 Å². The Balaban J connectivity index is 1.04. The van der Waals surface area contributed by atoms with Gasteiger partial charge in [0.1, 0.15) is 39.0 Å². The fraction of sp³-hybridized carbons (Fsp3) is 0.650. The van der Waals surface area contributed by atoms with Crippen LogP contribution in [-0.2, 0) is 29.8 Å². The van der Waals surface area contributed by atoms with Crippen LogP contribution < -0.4 is 9.47 Å². The molecule has 0 saturated heterocycles. The van der Waals surface area contributed by atoms with Gasteiger partial charge >= 0.3 is 0 Å². The average Bonchev–Trinajstić information content (AvgIpc) is 3.95. The van der Waals surface area contributed by atoms with Crippen molar-refractivity contribution in [2.45, 2.75) is 87.9 Å². The zero-order valence-electron chi connectivity index (χ0n) is 27.1. The molecule has 8 bridgehead atoms. The van der Waals surface area contributed by atoms with Crippen LogP contribution in [0.1, 0.15) is 88.2 Å². The molecule has 8 saturated carbocycles. The summed E-state index contributed by atoms with van der Waals surface area (Å²) in [5.41, 5.74) is 3.81. The molecule has 2 aromatic carbocycles. The van der Waals surface area contributed by atoms with Crippen LogP contribution >= 0.6 is 0 Å². The van der Waals surface area contributed by atoms with Crippen LogP contribution in [0.4, 0.5) is 0 Å². The van der Waals surface area contributed by atoms with Crippen molar-refractivity contribution >= 4 is 10.8 Å². The third-order valence-corrected chi connectivity index (χ3v) is 13.3. The molecule has 6 heteroatoms. The van der Waals surface area contributed by atoms with Crippen LogP contribution in [0.15, 0.2) is 48.3 Å². The van der Waals surface area contributed by atoms with Crippen LogP contribution in [0.2, 0.25) is 0 Å². The summed E-state index contributed by atoms with van der Waals surface area (Å²) in [5.74, 6) is 8.90. The topological polar surface area (TPSA) is 62.0 Å². The lowest BCUT2D eigenvalue weighted by Gasteiger charge is -2.58. The van der Waals surface area contributed by atoms with E-state index in [1.807, 2.05) is 0 Å². The standard InChI is InChI=1S/C40H48O6/c1-2-36(40-18-28-10-29(19-40)12-30(11-28)20-40)34-14-38(44-6-4-42-22-32-24-46-32)37(43-5-3-41-21-31-23-45-31)13-33(34)35(1)39-15-25-7-26(16-39)9-27(8-25)17-39/h1-2,13-14,23-30H,3-12,15-22H2. The fourth-order valence-corrected chi connectivity index (χ4v) is 12.4. The summed E-state index contributed by atoms with van der Waals surface area (Å²) in [6, 6.07) is 9.98. The van der Waals surface area contributed by atoms with E-state index in [-0.39, 0.29) is 0 Å². The highest BCUT2D eigenvalue weighted by Gasteiger charge is 2.54. The van der Waals surface area contributed by atoms with Gasteiger partial charge in [-0.25, -0.2) is 0 Å². The maximum atomic E-state index is 6.54. The van der Waals surface area contributed by atoms with Crippen molar-refractivity contribution in [1.82, 2.24) is 0 Å². The Kier molecular flexibility index (Phi) is 6.72. The van der Waals surface area contributed by atoms with E-state index in [2.05, 4.69) is 24.3 Å². The lowest BCUT2D eigenvalue weighted by Crippen LogP contribution is -2.49. The number of hydrogen-bond donors (Lipinski definition) is 0. The quantitative estimate of drug-likeness (QED) is 0.197. The highest BCUT2D eigenvalue weighted by atomic mass is 16.6. The molecule has 0 unspecified atom stereocenters. The second kappa shape index (κ2) is 10.9. The molecule has 6 nitrogen and oxygen atoms in total. The van der Waals surface area contributed by atoms with E-state index < -0.39 is 0 Å². The summed E-state index contributed by atoms with van der Waals surface area (Å²) in [4.78, 5) is 0. The second-order valence-corrected chi connectivity index (χ2v) is 16.6. The van der Waals surface area contributed by atoms with E-state index >= 15 is 0 Å². The van der Waals surface area contributed by atoms with Crippen molar-refractivity contribution in [3.8, 4) is 11.5 Å². The first-order valence-corrected chi connectivity index (χ1v) is 18.3. The average molecular weight is 625 g/mol. The van der Waals surface area contributed by atoms with Crippen molar-refractivity contribution in [2.75, 3.05) is 39.6 Å². The van der Waals surface area contributed by atoms with Crippen molar-refractivity contribution in [3.05, 3.63) is 59.4 Å². The SMILES string of the molecule is C1=C(COCCOc2cc3c(C45CC6CC(CC(C6)C4)C5)ccc(C45CC6CC(CC(C6)C4)C5)c3cc2OCCOCC2=CO2)O1. The van der Waals surface area contributed by atoms with Crippen molar-refractivity contribution < 1.29 is 28.4 Å². The number of fused-ring (bicyclic) bond motifs is 1. The molecule has 2 aliphatic heterocycles. The molecule has 12 rings (SSSR count). The summed E-state index contributed by atoms with van der Waals surface area (Å²) in [6.45, 7) is 2.97. The summed E-state index contributed by atoms with van der Waals surface area (Å²) in [7, 11) is 0. The smallest absolute Gasteiger partial charge is 0.164 e. The predicted octanol–water partition coefficient (Wildman–Crippen LogP) is 8.31. The summed E-state index contributed by atoms with van der Waals surface area (Å²) < 4.78 is 34.9. The lowest BCUT2D eigenvalue weighted by atomic mass is 9.46. The molecular weight excluding hydrogens is 576 g/mol. The highest BCUT2D eigenvalue weighted by molar-refractivity contribution is 5.93. The molecule has 10 aliphatic rings. The molecule has 0 spiro atoms. The van der Waals surface area contributed by atoms with E-state index in [9.17, 15) is 0 Å². The predicted molar refractivity (Wildman–Crippen MR) is 175 cm³/mol. The first-order chi connectivity index (χ1) is 22.6. The largest absolute Gasteiger partial charge is 0.487 e. The Labute approximate surface area is 272 Å². The van der Waals surface area contributed by atoms with Crippen LogP contribution in [0.25, 0.3) is 10.8 Å². The molecule has 0 amide bonds. The summed E-state index contributed by atoms with van der Waals surface area (Å²) >= 11 is 0. The van der Waals surface area contributed by atoms with Crippen molar-refractivity contribution in [2.24, 2.45) is 35.5 Å². The maximum absolute atomic E-state index is 6.54. The second-order valence-electron chi connectivity index (χ2n) is 16.6. The first kappa shape index (κ1) is 28.3. The van der Waals surface area contributed by atoms with E-state index in [0.29, 0.717) is 50.5 Å². The van der Waals surface area contributed by atoms with E-state index in [0.717, 1.165) is 58.5 Å². The Morgan fingerprint density at radius 1 is 0.522 bits per heavy atom. The van der Waals surface area contributed by atoms with Gasteiger partial charge in [-0.2, -0.15) is 0 Å². The Bertz CT molecular complexity index is 1400. The Morgan fingerprint density at radius 3 is 1.20 bits per heavy atom. The normalized spacial score (nSPS) is 37.1. The van der Waals surface area contributed by atoms with E-state index in [4.69, 9.17) is 28.4 Å². The van der Waals surface area contributed by atoms with Gasteiger partial charge in [0.25, 0.3) is 0 Å². The molecule has 2 heterocycles. The van der Waals surface area contributed by atoms with E-state index in [1.54, 1.807) is 23.7 Å². The number of ether oxygens (including phenoxy) is 6. The van der Waals surface area contributed by atoms with Crippen LogP contribution in [-0.4, -0.2) is 39.6 Å². The molecule has 2 aromatic rings. The molecule has 0 aromatic heterocycles. The molecule has 0 atom stereocenters. The molecule has 8 fully saturated rings. The molecule has 244 valence electrons. The number of rotatable bonds is 14. The fourth-order valence-electron chi connectivity index (χ4n) is 12.4. The minimum Gasteiger partial charge on any atom is -0.487 e. The van der Waals surface area contributed by atoms with Crippen molar-refractivity contribution in [3.63, 3.8) is 0 Å². The van der Waals surface area contributed by atoms with Gasteiger partial charge in [0.05, 0.1) is 13.2 Å². The summed E-state index contributed by atoms with van der Waals surface area (Å²) in [6.07, 6.45) is 20.4. The molecule has 0 radical (unpaired) electrons. The highest BCUT2D eigenvalue weighted by Crippen LogP contribution is 2.64. The zero-order valence-corrected chi connectivity index (χ0v) is 27.1. The summed E-state index contributed by atoms with van der Waals surface area (Å²) in [5, 5.41) is 2.87. The third kappa shape index (κ3) is 5.13. The van der Waals surface area contributed by atoms with Crippen molar-refractivity contribution in [1.29, 1.82) is 0 Å². The van der Waals surface area contributed by atoms with Gasteiger partial charge in [0.2, 0.25) is 0 Å². The number of hydrogen-bond acceptors (Lipinski definition) is 6. The van der Waals surface area contributed by atoms with Gasteiger partial charge in [-0.15, -0.1) is 0 Å². The Hall–Kier alpha value is -2.70. The van der Waals surface area contributed by atoms with Gasteiger partial charge in [-0.1, -0.05) is 12.1 Å². The van der Waals surface area contributed by atoms with Gasteiger partial charge in [0, 0.05) is 0 Å².